The number of unbranched alkanes of at least 4 members (excludes halogenated alkanes) is 35. The molecule has 0 spiro atoms. The summed E-state index contributed by atoms with van der Waals surface area (Å²) >= 11 is 0. The van der Waals surface area contributed by atoms with Crippen LogP contribution < -0.4 is 0 Å². The van der Waals surface area contributed by atoms with Crippen molar-refractivity contribution < 1.29 is 28.6 Å². The van der Waals surface area contributed by atoms with Crippen molar-refractivity contribution in [1.29, 1.82) is 0 Å². The highest BCUT2D eigenvalue weighted by Gasteiger charge is 2.19. The van der Waals surface area contributed by atoms with Gasteiger partial charge in [-0.3, -0.25) is 14.4 Å². The predicted octanol–water partition coefficient (Wildman–Crippen LogP) is 22.7. The highest BCUT2D eigenvalue weighted by Crippen LogP contribution is 2.16. The first-order valence-electron chi connectivity index (χ1n) is 33.1. The molecule has 444 valence electrons. The van der Waals surface area contributed by atoms with E-state index in [-0.39, 0.29) is 31.1 Å². The second-order valence-electron chi connectivity index (χ2n) is 22.0. The normalized spacial score (nSPS) is 12.6. The van der Waals surface area contributed by atoms with Gasteiger partial charge in [-0.15, -0.1) is 0 Å². The summed E-state index contributed by atoms with van der Waals surface area (Å²) in [7, 11) is 0. The van der Waals surface area contributed by atoms with Crippen LogP contribution in [0.3, 0.4) is 0 Å². The van der Waals surface area contributed by atoms with Crippen molar-refractivity contribution in [3.63, 3.8) is 0 Å². The fourth-order valence-electron chi connectivity index (χ4n) is 9.33. The van der Waals surface area contributed by atoms with Gasteiger partial charge in [0, 0.05) is 19.3 Å². The lowest BCUT2D eigenvalue weighted by molar-refractivity contribution is -0.167. The van der Waals surface area contributed by atoms with Gasteiger partial charge in [0.2, 0.25) is 0 Å². The molecule has 0 N–H and O–H groups in total. The van der Waals surface area contributed by atoms with E-state index in [1.165, 1.54) is 186 Å². The zero-order valence-corrected chi connectivity index (χ0v) is 51.0. The summed E-state index contributed by atoms with van der Waals surface area (Å²) < 4.78 is 17.0. The van der Waals surface area contributed by atoms with E-state index >= 15 is 0 Å². The molecular weight excluding hydrogens is 949 g/mol. The van der Waals surface area contributed by atoms with E-state index in [1.54, 1.807) is 0 Å². The number of ether oxygens (including phenoxy) is 3. The molecule has 0 fully saturated rings. The Morgan fingerprint density at radius 2 is 0.468 bits per heavy atom. The zero-order valence-electron chi connectivity index (χ0n) is 51.0. The summed E-state index contributed by atoms with van der Waals surface area (Å²) in [5.74, 6) is -0.894. The third-order valence-corrected chi connectivity index (χ3v) is 14.3. The fourth-order valence-corrected chi connectivity index (χ4v) is 9.33. The third kappa shape index (κ3) is 63.3. The Balaban J connectivity index is 4.40. The smallest absolute Gasteiger partial charge is 0.306 e. The van der Waals surface area contributed by atoms with Gasteiger partial charge >= 0.3 is 17.9 Å². The van der Waals surface area contributed by atoms with Crippen LogP contribution in [-0.4, -0.2) is 37.2 Å². The van der Waals surface area contributed by atoms with Crippen LogP contribution in [0.2, 0.25) is 0 Å². The molecule has 6 nitrogen and oxygen atoms in total. The van der Waals surface area contributed by atoms with Gasteiger partial charge in [0.05, 0.1) is 0 Å². The van der Waals surface area contributed by atoms with Crippen molar-refractivity contribution in [1.82, 2.24) is 0 Å². The molecule has 0 aliphatic rings. The summed E-state index contributed by atoms with van der Waals surface area (Å²) in [6.45, 7) is 6.61. The zero-order chi connectivity index (χ0) is 55.7. The van der Waals surface area contributed by atoms with E-state index in [9.17, 15) is 14.4 Å². The molecule has 1 unspecified atom stereocenters. The van der Waals surface area contributed by atoms with E-state index in [0.29, 0.717) is 19.3 Å². The van der Waals surface area contributed by atoms with Crippen LogP contribution in [-0.2, 0) is 28.6 Å². The predicted molar refractivity (Wildman–Crippen MR) is 334 cm³/mol. The number of hydrogen-bond donors (Lipinski definition) is 0. The van der Waals surface area contributed by atoms with Crippen molar-refractivity contribution in [3.8, 4) is 0 Å². The van der Waals surface area contributed by atoms with Gasteiger partial charge < -0.3 is 14.2 Å². The molecule has 0 rings (SSSR count). The summed E-state index contributed by atoms with van der Waals surface area (Å²) in [6, 6.07) is 0. The maximum atomic E-state index is 12.9. The van der Waals surface area contributed by atoms with Crippen LogP contribution in [0, 0.1) is 0 Å². The fraction of sp³-hybridized carbons (Fsp3) is 0.761. The van der Waals surface area contributed by atoms with E-state index in [4.69, 9.17) is 14.2 Å². The number of rotatable bonds is 60. The Morgan fingerprint density at radius 1 is 0.260 bits per heavy atom. The van der Waals surface area contributed by atoms with Gasteiger partial charge in [-0.2, -0.15) is 0 Å². The second kappa shape index (κ2) is 65.1. The Labute approximate surface area is 477 Å². The Kier molecular flexibility index (Phi) is 62.2. The van der Waals surface area contributed by atoms with Crippen LogP contribution in [0.4, 0.5) is 0 Å². The molecule has 0 heterocycles. The lowest BCUT2D eigenvalue weighted by Gasteiger charge is -2.18. The van der Waals surface area contributed by atoms with Crippen molar-refractivity contribution in [2.24, 2.45) is 0 Å². The molecule has 0 bridgehead atoms. The average molecular weight is 1070 g/mol. The van der Waals surface area contributed by atoms with Crippen molar-refractivity contribution >= 4 is 17.9 Å². The summed E-state index contributed by atoms with van der Waals surface area (Å²) in [4.78, 5) is 38.4. The minimum atomic E-state index is -0.790. The van der Waals surface area contributed by atoms with Crippen LogP contribution in [0.25, 0.3) is 0 Å². The summed E-state index contributed by atoms with van der Waals surface area (Å²) in [5, 5.41) is 0. The topological polar surface area (TPSA) is 78.9 Å². The van der Waals surface area contributed by atoms with Gasteiger partial charge in [-0.1, -0.05) is 273 Å². The standard InChI is InChI=1S/C71H124O6/c1-4-7-10-13-16-19-22-25-28-31-34-35-36-37-38-41-43-46-49-52-55-58-61-64-70(73)76-67-68(77-71(74)65-62-59-56-53-50-47-44-40-33-30-27-24-21-18-15-12-9-6-3)66-75-69(72)63-60-57-54-51-48-45-42-39-32-29-26-23-20-17-14-11-8-5-2/h20-25,29-34,36-37,68H,4-19,26-28,35,38-67H2,1-3H3/b23-20-,24-21-,25-22-,32-29-,33-30-,34-31-,37-36-. The van der Waals surface area contributed by atoms with Gasteiger partial charge in [-0.05, 0) is 122 Å². The van der Waals surface area contributed by atoms with Gasteiger partial charge in [0.15, 0.2) is 6.10 Å². The molecule has 0 saturated heterocycles. The number of allylic oxidation sites excluding steroid dienone is 14. The van der Waals surface area contributed by atoms with Crippen LogP contribution in [0.1, 0.15) is 329 Å². The summed E-state index contributed by atoms with van der Waals surface area (Å²) in [5.41, 5.74) is 0. The van der Waals surface area contributed by atoms with E-state index in [0.717, 1.165) is 103 Å². The highest BCUT2D eigenvalue weighted by atomic mass is 16.6. The number of carbonyl (C=O) groups is 3. The Bertz CT molecular complexity index is 1470. The molecule has 0 aromatic rings. The van der Waals surface area contributed by atoms with Crippen LogP contribution in [0.15, 0.2) is 85.1 Å². The average Bonchev–Trinajstić information content (AvgIpc) is 3.43. The Morgan fingerprint density at radius 3 is 0.740 bits per heavy atom. The first-order chi connectivity index (χ1) is 38.0. The van der Waals surface area contributed by atoms with Gasteiger partial charge in [-0.25, -0.2) is 0 Å². The second-order valence-corrected chi connectivity index (χ2v) is 22.0. The molecule has 0 aromatic carbocycles. The van der Waals surface area contributed by atoms with Crippen molar-refractivity contribution in [2.75, 3.05) is 13.2 Å². The Hall–Kier alpha value is -3.41. The van der Waals surface area contributed by atoms with E-state index in [2.05, 4.69) is 106 Å². The minimum absolute atomic E-state index is 0.0856. The van der Waals surface area contributed by atoms with Gasteiger partial charge in [0.1, 0.15) is 13.2 Å². The third-order valence-electron chi connectivity index (χ3n) is 14.3. The molecule has 1 atom stereocenters. The molecule has 0 aromatic heterocycles. The molecule has 0 amide bonds. The van der Waals surface area contributed by atoms with Gasteiger partial charge in [0.25, 0.3) is 0 Å². The monoisotopic (exact) mass is 1070 g/mol. The molecule has 77 heavy (non-hydrogen) atoms. The first-order valence-corrected chi connectivity index (χ1v) is 33.1. The van der Waals surface area contributed by atoms with E-state index in [1.807, 2.05) is 0 Å². The highest BCUT2D eigenvalue weighted by molar-refractivity contribution is 5.71. The molecule has 6 heteroatoms. The van der Waals surface area contributed by atoms with E-state index < -0.39 is 6.10 Å². The number of hydrogen-bond acceptors (Lipinski definition) is 6. The van der Waals surface area contributed by atoms with Crippen molar-refractivity contribution in [2.45, 2.75) is 335 Å². The molecule has 0 aliphatic heterocycles. The largest absolute Gasteiger partial charge is 0.462 e. The van der Waals surface area contributed by atoms with Crippen LogP contribution >= 0.6 is 0 Å². The molecular formula is C71H124O6. The number of esters is 3. The molecule has 0 aliphatic carbocycles. The lowest BCUT2D eigenvalue weighted by Crippen LogP contribution is -2.30. The quantitative estimate of drug-likeness (QED) is 0.0261. The minimum Gasteiger partial charge on any atom is -0.462 e. The molecule has 0 saturated carbocycles. The molecule has 0 radical (unpaired) electrons. The maximum Gasteiger partial charge on any atom is 0.306 e. The lowest BCUT2D eigenvalue weighted by atomic mass is 10.1. The maximum absolute atomic E-state index is 12.9. The first kappa shape index (κ1) is 73.6. The number of carbonyl (C=O) groups excluding carboxylic acids is 3. The SMILES string of the molecule is CCCCCC/C=C\C/C=C\CCCCCCCCCC(=O)OCC(COC(=O)CCCCCCCCCC/C=C\C/C=C\C/C=C\CCCCCCC)OC(=O)CCCCCCCCC/C=C\C/C=C\CCCCCC. The van der Waals surface area contributed by atoms with Crippen LogP contribution in [0.5, 0.6) is 0 Å². The van der Waals surface area contributed by atoms with Crippen molar-refractivity contribution in [3.05, 3.63) is 85.1 Å². The summed E-state index contributed by atoms with van der Waals surface area (Å²) in [6.07, 6.45) is 85.8.